The summed E-state index contributed by atoms with van der Waals surface area (Å²) in [5.74, 6) is -3.32. The van der Waals surface area contributed by atoms with Crippen molar-refractivity contribution in [3.05, 3.63) is 0 Å². The largest absolute Gasteiger partial charge is 0.481 e. The van der Waals surface area contributed by atoms with Crippen LogP contribution in [0.2, 0.25) is 0 Å². The van der Waals surface area contributed by atoms with Gasteiger partial charge in [-0.05, 0) is 13.8 Å². The average Bonchev–Trinajstić information content (AvgIpc) is 2.27. The monoisotopic (exact) mass is 282 g/mol. The number of carboxylic acid groups (broad SMARTS) is 1. The van der Waals surface area contributed by atoms with Gasteiger partial charge < -0.3 is 18.9 Å². The molecule has 0 fully saturated rings. The Labute approximate surface area is 106 Å². The van der Waals surface area contributed by atoms with Crippen molar-refractivity contribution in [1.29, 1.82) is 0 Å². The summed E-state index contributed by atoms with van der Waals surface area (Å²) in [4.78, 5) is 22.6. The SMILES string of the molecule is CCOP(=O)(OCC)C(C(=O)O)C(C)C(=O)OC. The molecule has 0 bridgehead atoms. The zero-order valence-corrected chi connectivity index (χ0v) is 11.8. The van der Waals surface area contributed by atoms with E-state index in [1.165, 1.54) is 6.92 Å². The predicted molar refractivity (Wildman–Crippen MR) is 63.5 cm³/mol. The summed E-state index contributed by atoms with van der Waals surface area (Å²) < 4.78 is 26.8. The maximum absolute atomic E-state index is 12.4. The zero-order valence-electron chi connectivity index (χ0n) is 10.9. The minimum Gasteiger partial charge on any atom is -0.481 e. The van der Waals surface area contributed by atoms with Crippen molar-refractivity contribution >= 4 is 19.5 Å². The lowest BCUT2D eigenvalue weighted by Gasteiger charge is -2.26. The highest BCUT2D eigenvalue weighted by atomic mass is 31.2. The molecule has 2 unspecified atom stereocenters. The first-order valence-corrected chi connectivity index (χ1v) is 7.14. The number of aliphatic carboxylic acids is 1. The van der Waals surface area contributed by atoms with Crippen LogP contribution in [0.1, 0.15) is 20.8 Å². The molecule has 2 atom stereocenters. The Morgan fingerprint density at radius 3 is 1.94 bits per heavy atom. The standard InChI is InChI=1S/C10H19O7P/c1-5-16-18(14,17-6-2)8(9(11)12)7(3)10(13)15-4/h7-8H,5-6H2,1-4H3,(H,11,12). The van der Waals surface area contributed by atoms with Gasteiger partial charge in [-0.1, -0.05) is 6.92 Å². The summed E-state index contributed by atoms with van der Waals surface area (Å²) in [5, 5.41) is 9.14. The van der Waals surface area contributed by atoms with Crippen molar-refractivity contribution in [3.8, 4) is 0 Å². The normalized spacial score (nSPS) is 14.9. The smallest absolute Gasteiger partial charge is 0.345 e. The number of carbonyl (C=O) groups is 2. The van der Waals surface area contributed by atoms with Crippen LogP contribution in [0.4, 0.5) is 0 Å². The summed E-state index contributed by atoms with van der Waals surface area (Å²) in [6.45, 7) is 4.49. The number of rotatable bonds is 8. The molecule has 0 radical (unpaired) electrons. The first-order chi connectivity index (χ1) is 8.33. The lowest BCUT2D eigenvalue weighted by Crippen LogP contribution is -2.35. The van der Waals surface area contributed by atoms with E-state index < -0.39 is 31.1 Å². The Balaban J connectivity index is 5.35. The molecule has 0 saturated carbocycles. The van der Waals surface area contributed by atoms with Crippen molar-refractivity contribution < 1.29 is 33.0 Å². The van der Waals surface area contributed by atoms with Crippen molar-refractivity contribution in [2.24, 2.45) is 5.92 Å². The molecule has 0 rings (SSSR count). The molecule has 0 aromatic carbocycles. The van der Waals surface area contributed by atoms with E-state index in [0.717, 1.165) is 7.11 Å². The number of esters is 1. The third kappa shape index (κ3) is 4.08. The van der Waals surface area contributed by atoms with Crippen molar-refractivity contribution in [1.82, 2.24) is 0 Å². The second-order valence-corrected chi connectivity index (χ2v) is 5.62. The summed E-state index contributed by atoms with van der Waals surface area (Å²) in [6.07, 6.45) is 0. The summed E-state index contributed by atoms with van der Waals surface area (Å²) in [5.41, 5.74) is -1.58. The maximum atomic E-state index is 12.4. The Morgan fingerprint density at radius 2 is 1.67 bits per heavy atom. The molecular formula is C10H19O7P. The third-order valence-electron chi connectivity index (χ3n) is 2.26. The van der Waals surface area contributed by atoms with E-state index in [4.69, 9.17) is 14.2 Å². The van der Waals surface area contributed by atoms with E-state index in [9.17, 15) is 14.2 Å². The number of hydrogen-bond donors (Lipinski definition) is 1. The van der Waals surface area contributed by atoms with E-state index in [-0.39, 0.29) is 13.2 Å². The van der Waals surface area contributed by atoms with Gasteiger partial charge in [-0.3, -0.25) is 14.2 Å². The minimum atomic E-state index is -3.91. The molecule has 0 heterocycles. The van der Waals surface area contributed by atoms with E-state index >= 15 is 0 Å². The highest BCUT2D eigenvalue weighted by Gasteiger charge is 2.47. The summed E-state index contributed by atoms with van der Waals surface area (Å²) in [7, 11) is -2.78. The molecule has 0 aromatic heterocycles. The number of methoxy groups -OCH3 is 1. The van der Waals surface area contributed by atoms with Crippen LogP contribution in [0.5, 0.6) is 0 Å². The van der Waals surface area contributed by atoms with E-state index in [1.807, 2.05) is 0 Å². The van der Waals surface area contributed by atoms with E-state index in [2.05, 4.69) is 4.74 Å². The van der Waals surface area contributed by atoms with Crippen LogP contribution < -0.4 is 0 Å². The fourth-order valence-corrected chi connectivity index (χ4v) is 3.55. The lowest BCUT2D eigenvalue weighted by atomic mass is 10.1. The third-order valence-corrected chi connectivity index (χ3v) is 4.84. The van der Waals surface area contributed by atoms with Gasteiger partial charge in [-0.15, -0.1) is 0 Å². The van der Waals surface area contributed by atoms with E-state index in [0.29, 0.717) is 0 Å². The van der Waals surface area contributed by atoms with Crippen LogP contribution >= 0.6 is 7.60 Å². The van der Waals surface area contributed by atoms with Crippen LogP contribution in [0.15, 0.2) is 0 Å². The fraction of sp³-hybridized carbons (Fsp3) is 0.800. The molecule has 0 aromatic rings. The number of ether oxygens (including phenoxy) is 1. The van der Waals surface area contributed by atoms with Gasteiger partial charge in [0.15, 0.2) is 5.66 Å². The Morgan fingerprint density at radius 1 is 1.22 bits per heavy atom. The van der Waals surface area contributed by atoms with E-state index in [1.54, 1.807) is 13.8 Å². The van der Waals surface area contributed by atoms with Gasteiger partial charge in [-0.2, -0.15) is 0 Å². The first-order valence-electron chi connectivity index (χ1n) is 5.53. The lowest BCUT2D eigenvalue weighted by molar-refractivity contribution is -0.150. The molecule has 8 heteroatoms. The highest BCUT2D eigenvalue weighted by molar-refractivity contribution is 7.55. The number of carbonyl (C=O) groups excluding carboxylic acids is 1. The van der Waals surface area contributed by atoms with Crippen molar-refractivity contribution in [2.45, 2.75) is 26.4 Å². The highest BCUT2D eigenvalue weighted by Crippen LogP contribution is 2.55. The van der Waals surface area contributed by atoms with Gasteiger partial charge in [0.1, 0.15) is 0 Å². The fourth-order valence-electron chi connectivity index (χ4n) is 1.50. The summed E-state index contributed by atoms with van der Waals surface area (Å²) in [6, 6.07) is 0. The molecule has 0 aliphatic heterocycles. The minimum absolute atomic E-state index is 0.0228. The molecule has 18 heavy (non-hydrogen) atoms. The molecule has 7 nitrogen and oxygen atoms in total. The molecule has 0 spiro atoms. The molecule has 0 aliphatic carbocycles. The van der Waals surface area contributed by atoms with Gasteiger partial charge >= 0.3 is 19.5 Å². The quantitative estimate of drug-likeness (QED) is 0.532. The second kappa shape index (κ2) is 7.51. The maximum Gasteiger partial charge on any atom is 0.345 e. The van der Waals surface area contributed by atoms with Crippen LogP contribution in [0.3, 0.4) is 0 Å². The average molecular weight is 282 g/mol. The number of hydrogen-bond acceptors (Lipinski definition) is 6. The topological polar surface area (TPSA) is 99.1 Å². The molecule has 0 amide bonds. The predicted octanol–water partition coefficient (Wildman–Crippen LogP) is 1.51. The Kier molecular flexibility index (Phi) is 7.13. The zero-order chi connectivity index (χ0) is 14.3. The van der Waals surface area contributed by atoms with Gasteiger partial charge in [0.25, 0.3) is 0 Å². The molecular weight excluding hydrogens is 263 g/mol. The second-order valence-electron chi connectivity index (χ2n) is 3.47. The molecule has 0 saturated heterocycles. The van der Waals surface area contributed by atoms with Crippen LogP contribution in [0, 0.1) is 5.92 Å². The molecule has 1 N–H and O–H groups in total. The number of carboxylic acids is 1. The Bertz CT molecular complexity index is 331. The van der Waals surface area contributed by atoms with Crippen molar-refractivity contribution in [3.63, 3.8) is 0 Å². The summed E-state index contributed by atoms with van der Waals surface area (Å²) >= 11 is 0. The van der Waals surface area contributed by atoms with Gasteiger partial charge in [-0.25, -0.2) is 0 Å². The first kappa shape index (κ1) is 17.1. The Hall–Kier alpha value is -0.910. The van der Waals surface area contributed by atoms with Crippen LogP contribution in [-0.4, -0.2) is 43.0 Å². The van der Waals surface area contributed by atoms with Crippen LogP contribution in [-0.2, 0) is 27.9 Å². The van der Waals surface area contributed by atoms with Gasteiger partial charge in [0.05, 0.1) is 26.2 Å². The van der Waals surface area contributed by atoms with Gasteiger partial charge in [0, 0.05) is 0 Å². The van der Waals surface area contributed by atoms with Gasteiger partial charge in [0.2, 0.25) is 0 Å². The van der Waals surface area contributed by atoms with Crippen LogP contribution in [0.25, 0.3) is 0 Å². The molecule has 106 valence electrons. The van der Waals surface area contributed by atoms with Crippen molar-refractivity contribution in [2.75, 3.05) is 20.3 Å². The molecule has 0 aliphatic rings.